The molecule has 6 nitrogen and oxygen atoms in total. The maximum absolute atomic E-state index is 10.4. The van der Waals surface area contributed by atoms with Crippen molar-refractivity contribution in [2.45, 2.75) is 6.54 Å². The van der Waals surface area contributed by atoms with Gasteiger partial charge >= 0.3 is 0 Å². The van der Waals surface area contributed by atoms with Crippen LogP contribution in [0.1, 0.15) is 5.56 Å². The second kappa shape index (κ2) is 6.74. The molecular formula is C12H15BrN2O4. The van der Waals surface area contributed by atoms with E-state index in [0.717, 1.165) is 21.5 Å². The van der Waals surface area contributed by atoms with Crippen LogP contribution in [-0.2, 0) is 16.1 Å². The van der Waals surface area contributed by atoms with Crippen molar-refractivity contribution in [1.82, 2.24) is 5.32 Å². The van der Waals surface area contributed by atoms with E-state index in [1.165, 1.54) is 0 Å². The summed E-state index contributed by atoms with van der Waals surface area (Å²) >= 11 is 3.44. The molecule has 0 saturated carbocycles. The molecule has 0 fully saturated rings. The maximum Gasteiger partial charge on any atom is 0.243 e. The van der Waals surface area contributed by atoms with Gasteiger partial charge in [-0.3, -0.25) is 4.79 Å². The molecule has 2 rings (SSSR count). The van der Waals surface area contributed by atoms with E-state index in [-0.39, 0.29) is 13.4 Å². The molecule has 1 heterocycles. The summed E-state index contributed by atoms with van der Waals surface area (Å²) in [7, 11) is 0. The number of amides is 1. The average molecular weight is 331 g/mol. The number of carbonyl (C=O) groups excluding carboxylic acids is 1. The Hall–Kier alpha value is -1.31. The van der Waals surface area contributed by atoms with Crippen LogP contribution in [-0.4, -0.2) is 32.5 Å². The summed E-state index contributed by atoms with van der Waals surface area (Å²) in [5.74, 6) is 1.03. The number of fused-ring (bicyclic) bond motifs is 1. The second-order valence-corrected chi connectivity index (χ2v) is 4.86. The molecule has 0 spiro atoms. The largest absolute Gasteiger partial charge is 0.454 e. The van der Waals surface area contributed by atoms with Crippen LogP contribution in [0.15, 0.2) is 16.6 Å². The Morgan fingerprint density at radius 3 is 3.11 bits per heavy atom. The van der Waals surface area contributed by atoms with Gasteiger partial charge in [-0.2, -0.15) is 0 Å². The lowest BCUT2D eigenvalue weighted by Crippen LogP contribution is -2.23. The van der Waals surface area contributed by atoms with Crippen LogP contribution >= 0.6 is 15.9 Å². The lowest BCUT2D eigenvalue weighted by molar-refractivity contribution is -0.122. The molecule has 0 radical (unpaired) electrons. The normalized spacial score (nSPS) is 12.7. The number of primary amides is 1. The Labute approximate surface area is 119 Å². The molecule has 0 saturated heterocycles. The fraction of sp³-hybridized carbons (Fsp3) is 0.417. The van der Waals surface area contributed by atoms with Gasteiger partial charge in [-0.25, -0.2) is 0 Å². The van der Waals surface area contributed by atoms with Gasteiger partial charge in [0.2, 0.25) is 12.7 Å². The number of nitrogens with one attached hydrogen (secondary N) is 1. The number of halogens is 1. The summed E-state index contributed by atoms with van der Waals surface area (Å²) in [5, 5.41) is 3.20. The van der Waals surface area contributed by atoms with Crippen molar-refractivity contribution >= 4 is 21.8 Å². The fourth-order valence-corrected chi connectivity index (χ4v) is 2.28. The van der Waals surface area contributed by atoms with E-state index < -0.39 is 5.91 Å². The number of rotatable bonds is 7. The van der Waals surface area contributed by atoms with Crippen LogP contribution in [0.5, 0.6) is 11.5 Å². The quantitative estimate of drug-likeness (QED) is 0.721. The lowest BCUT2D eigenvalue weighted by atomic mass is 10.2. The van der Waals surface area contributed by atoms with Gasteiger partial charge in [0.05, 0.1) is 11.1 Å². The minimum atomic E-state index is -0.459. The van der Waals surface area contributed by atoms with Gasteiger partial charge in [0, 0.05) is 13.1 Å². The third-order valence-corrected chi connectivity index (χ3v) is 3.07. The summed E-state index contributed by atoms with van der Waals surface area (Å²) in [6.07, 6.45) is 0. The number of ether oxygens (including phenoxy) is 3. The van der Waals surface area contributed by atoms with E-state index in [9.17, 15) is 4.79 Å². The molecule has 0 atom stereocenters. The highest BCUT2D eigenvalue weighted by Crippen LogP contribution is 2.39. The first kappa shape index (κ1) is 14.1. The SMILES string of the molecule is NC(=O)COCCNCc1cc(Br)c2c(c1)OCO2. The van der Waals surface area contributed by atoms with Crippen molar-refractivity contribution in [3.63, 3.8) is 0 Å². The average Bonchev–Trinajstić information content (AvgIpc) is 2.82. The Morgan fingerprint density at radius 2 is 2.32 bits per heavy atom. The van der Waals surface area contributed by atoms with Crippen LogP contribution in [0.25, 0.3) is 0 Å². The number of nitrogens with two attached hydrogens (primary N) is 1. The zero-order chi connectivity index (χ0) is 13.7. The van der Waals surface area contributed by atoms with Gasteiger partial charge in [0.15, 0.2) is 11.5 Å². The molecule has 0 aromatic heterocycles. The first-order chi connectivity index (χ1) is 9.16. The standard InChI is InChI=1S/C12H15BrN2O4/c13-9-3-8(4-10-12(9)19-7-18-10)5-15-1-2-17-6-11(14)16/h3-4,15H,1-2,5-7H2,(H2,14,16). The van der Waals surface area contributed by atoms with Crippen LogP contribution < -0.4 is 20.5 Å². The van der Waals surface area contributed by atoms with Crippen LogP contribution in [0, 0.1) is 0 Å². The van der Waals surface area contributed by atoms with Crippen molar-refractivity contribution in [2.75, 3.05) is 26.6 Å². The maximum atomic E-state index is 10.4. The molecule has 0 bridgehead atoms. The first-order valence-corrected chi connectivity index (χ1v) is 6.61. The van der Waals surface area contributed by atoms with E-state index in [2.05, 4.69) is 21.2 Å². The molecule has 1 aromatic carbocycles. The van der Waals surface area contributed by atoms with Gasteiger partial charge in [-0.15, -0.1) is 0 Å². The van der Waals surface area contributed by atoms with Gasteiger partial charge in [0.25, 0.3) is 0 Å². The van der Waals surface area contributed by atoms with Crippen molar-refractivity contribution < 1.29 is 19.0 Å². The zero-order valence-electron chi connectivity index (χ0n) is 10.3. The summed E-state index contributed by atoms with van der Waals surface area (Å²) in [5.41, 5.74) is 6.03. The van der Waals surface area contributed by atoms with E-state index in [4.69, 9.17) is 19.9 Å². The first-order valence-electron chi connectivity index (χ1n) is 5.81. The molecule has 7 heteroatoms. The number of hydrogen-bond donors (Lipinski definition) is 2. The molecule has 1 aromatic rings. The summed E-state index contributed by atoms with van der Waals surface area (Å²) in [4.78, 5) is 10.4. The van der Waals surface area contributed by atoms with Gasteiger partial charge in [-0.05, 0) is 33.6 Å². The zero-order valence-corrected chi connectivity index (χ0v) is 11.9. The lowest BCUT2D eigenvalue weighted by Gasteiger charge is -2.07. The molecular weight excluding hydrogens is 316 g/mol. The third kappa shape index (κ3) is 4.09. The van der Waals surface area contributed by atoms with Crippen molar-refractivity contribution in [2.24, 2.45) is 5.73 Å². The van der Waals surface area contributed by atoms with Crippen molar-refractivity contribution in [3.05, 3.63) is 22.2 Å². The van der Waals surface area contributed by atoms with E-state index >= 15 is 0 Å². The smallest absolute Gasteiger partial charge is 0.243 e. The second-order valence-electron chi connectivity index (χ2n) is 4.01. The highest BCUT2D eigenvalue weighted by molar-refractivity contribution is 9.10. The van der Waals surface area contributed by atoms with Gasteiger partial charge < -0.3 is 25.3 Å². The Balaban J connectivity index is 1.74. The number of carbonyl (C=O) groups is 1. The highest BCUT2D eigenvalue weighted by Gasteiger charge is 2.17. The molecule has 1 aliphatic heterocycles. The van der Waals surface area contributed by atoms with Gasteiger partial charge in [-0.1, -0.05) is 0 Å². The minimum Gasteiger partial charge on any atom is -0.454 e. The van der Waals surface area contributed by atoms with E-state index in [1.807, 2.05) is 12.1 Å². The molecule has 1 aliphatic rings. The molecule has 0 unspecified atom stereocenters. The molecule has 1 amide bonds. The Kier molecular flexibility index (Phi) is 5.00. The minimum absolute atomic E-state index is 0.0444. The van der Waals surface area contributed by atoms with Crippen molar-refractivity contribution in [1.29, 1.82) is 0 Å². The Bertz CT molecular complexity index is 467. The summed E-state index contributed by atoms with van der Waals surface area (Å²) < 4.78 is 16.6. The molecule has 104 valence electrons. The summed E-state index contributed by atoms with van der Waals surface area (Å²) in [6, 6.07) is 3.91. The third-order valence-electron chi connectivity index (χ3n) is 2.48. The van der Waals surface area contributed by atoms with E-state index in [0.29, 0.717) is 19.7 Å². The topological polar surface area (TPSA) is 82.8 Å². The molecule has 19 heavy (non-hydrogen) atoms. The molecule has 3 N–H and O–H groups in total. The number of hydrogen-bond acceptors (Lipinski definition) is 5. The fourth-order valence-electron chi connectivity index (χ4n) is 1.67. The number of benzene rings is 1. The van der Waals surface area contributed by atoms with E-state index in [1.54, 1.807) is 0 Å². The van der Waals surface area contributed by atoms with Crippen LogP contribution in [0.4, 0.5) is 0 Å². The van der Waals surface area contributed by atoms with Crippen molar-refractivity contribution in [3.8, 4) is 11.5 Å². The predicted octanol–water partition coefficient (Wildman–Crippen LogP) is 0.769. The predicted molar refractivity (Wildman–Crippen MR) is 72.0 cm³/mol. The van der Waals surface area contributed by atoms with Crippen LogP contribution in [0.3, 0.4) is 0 Å². The highest BCUT2D eigenvalue weighted by atomic mass is 79.9. The van der Waals surface area contributed by atoms with Crippen LogP contribution in [0.2, 0.25) is 0 Å². The Morgan fingerprint density at radius 1 is 1.47 bits per heavy atom. The monoisotopic (exact) mass is 330 g/mol. The molecule has 0 aliphatic carbocycles. The van der Waals surface area contributed by atoms with Gasteiger partial charge in [0.1, 0.15) is 6.61 Å². The summed E-state index contributed by atoms with van der Waals surface area (Å²) in [6.45, 7) is 1.96.